The van der Waals surface area contributed by atoms with Crippen molar-refractivity contribution in [1.82, 2.24) is 5.32 Å². The summed E-state index contributed by atoms with van der Waals surface area (Å²) < 4.78 is 24.7. The predicted octanol–water partition coefficient (Wildman–Crippen LogP) is 3.91. The first kappa shape index (κ1) is 18.0. The number of fused-ring (bicyclic) bond motifs is 1. The van der Waals surface area contributed by atoms with Crippen LogP contribution < -0.4 is 14.8 Å². The second-order valence-electron chi connectivity index (χ2n) is 6.62. The number of halogens is 1. The van der Waals surface area contributed by atoms with Crippen LogP contribution in [0.4, 0.5) is 4.39 Å². The molecule has 142 valence electrons. The quantitative estimate of drug-likeness (QED) is 0.733. The lowest BCUT2D eigenvalue weighted by atomic mass is 9.91. The Morgan fingerprint density at radius 3 is 2.32 bits per heavy atom. The third kappa shape index (κ3) is 3.98. The standard InChI is InChI=1S/C23H20FNO3/c24-18-12-10-17(11-13-18)19(16-6-2-1-3-7-16)14-25-23(26)22-15-27-20-8-4-5-9-21(20)28-22/h1-13,19,22H,14-15H2,(H,25,26). The number of nitrogens with one attached hydrogen (secondary N) is 1. The molecule has 4 rings (SSSR count). The fraction of sp³-hybridized carbons (Fsp3) is 0.174. The van der Waals surface area contributed by atoms with Crippen molar-refractivity contribution in [3.63, 3.8) is 0 Å². The Kier molecular flexibility index (Phi) is 5.24. The van der Waals surface area contributed by atoms with Gasteiger partial charge in [0.05, 0.1) is 0 Å². The van der Waals surface area contributed by atoms with Crippen LogP contribution in [0, 0.1) is 5.82 Å². The van der Waals surface area contributed by atoms with Crippen LogP contribution >= 0.6 is 0 Å². The highest BCUT2D eigenvalue weighted by molar-refractivity contribution is 5.81. The van der Waals surface area contributed by atoms with Gasteiger partial charge in [-0.15, -0.1) is 0 Å². The summed E-state index contributed by atoms with van der Waals surface area (Å²) in [5.41, 5.74) is 1.97. The lowest BCUT2D eigenvalue weighted by Gasteiger charge is -2.26. The highest BCUT2D eigenvalue weighted by Crippen LogP contribution is 2.31. The lowest BCUT2D eigenvalue weighted by Crippen LogP contribution is -2.45. The molecule has 0 aliphatic carbocycles. The van der Waals surface area contributed by atoms with E-state index in [0.717, 1.165) is 11.1 Å². The number of hydrogen-bond donors (Lipinski definition) is 1. The van der Waals surface area contributed by atoms with Crippen LogP contribution in [0.25, 0.3) is 0 Å². The fourth-order valence-corrected chi connectivity index (χ4v) is 3.27. The van der Waals surface area contributed by atoms with E-state index in [1.54, 1.807) is 18.2 Å². The first-order chi connectivity index (χ1) is 13.7. The van der Waals surface area contributed by atoms with Gasteiger partial charge < -0.3 is 14.8 Å². The molecule has 1 aliphatic heterocycles. The number of carbonyl (C=O) groups excluding carboxylic acids is 1. The Morgan fingerprint density at radius 2 is 1.57 bits per heavy atom. The van der Waals surface area contributed by atoms with E-state index in [9.17, 15) is 9.18 Å². The van der Waals surface area contributed by atoms with Gasteiger partial charge in [0.2, 0.25) is 6.10 Å². The summed E-state index contributed by atoms with van der Waals surface area (Å²) in [6.45, 7) is 0.533. The largest absolute Gasteiger partial charge is 0.485 e. The van der Waals surface area contributed by atoms with E-state index in [-0.39, 0.29) is 24.2 Å². The maximum absolute atomic E-state index is 13.3. The molecule has 0 saturated carbocycles. The average Bonchev–Trinajstić information content (AvgIpc) is 2.75. The zero-order valence-electron chi connectivity index (χ0n) is 15.2. The van der Waals surface area contributed by atoms with Crippen LogP contribution in [-0.2, 0) is 4.79 Å². The van der Waals surface area contributed by atoms with Gasteiger partial charge in [0.15, 0.2) is 11.5 Å². The number of carbonyl (C=O) groups is 1. The van der Waals surface area contributed by atoms with Gasteiger partial charge in [0.25, 0.3) is 5.91 Å². The number of para-hydroxylation sites is 2. The topological polar surface area (TPSA) is 47.6 Å². The van der Waals surface area contributed by atoms with Gasteiger partial charge in [-0.2, -0.15) is 0 Å². The van der Waals surface area contributed by atoms with Crippen LogP contribution in [0.2, 0.25) is 0 Å². The zero-order valence-corrected chi connectivity index (χ0v) is 15.2. The van der Waals surface area contributed by atoms with Gasteiger partial charge in [-0.05, 0) is 35.4 Å². The van der Waals surface area contributed by atoms with Crippen LogP contribution in [0.1, 0.15) is 17.0 Å². The van der Waals surface area contributed by atoms with Gasteiger partial charge in [-0.1, -0.05) is 54.6 Å². The monoisotopic (exact) mass is 377 g/mol. The zero-order chi connectivity index (χ0) is 19.3. The van der Waals surface area contributed by atoms with Crippen LogP contribution in [0.5, 0.6) is 11.5 Å². The molecule has 5 heteroatoms. The van der Waals surface area contributed by atoms with Crippen molar-refractivity contribution >= 4 is 5.91 Å². The third-order valence-electron chi connectivity index (χ3n) is 4.76. The van der Waals surface area contributed by atoms with Gasteiger partial charge in [0.1, 0.15) is 12.4 Å². The molecule has 1 heterocycles. The predicted molar refractivity (Wildman–Crippen MR) is 104 cm³/mol. The van der Waals surface area contributed by atoms with E-state index < -0.39 is 6.10 Å². The Hall–Kier alpha value is -3.34. The minimum atomic E-state index is -0.709. The van der Waals surface area contributed by atoms with E-state index in [4.69, 9.17) is 9.47 Å². The summed E-state index contributed by atoms with van der Waals surface area (Å²) in [4.78, 5) is 12.7. The van der Waals surface area contributed by atoms with Crippen molar-refractivity contribution in [2.75, 3.05) is 13.2 Å². The molecule has 1 aliphatic rings. The summed E-state index contributed by atoms with van der Waals surface area (Å²) in [7, 11) is 0. The molecule has 0 spiro atoms. The molecular weight excluding hydrogens is 357 g/mol. The highest BCUT2D eigenvalue weighted by atomic mass is 19.1. The lowest BCUT2D eigenvalue weighted by molar-refractivity contribution is -0.130. The number of hydrogen-bond acceptors (Lipinski definition) is 3. The molecule has 3 aromatic rings. The van der Waals surface area contributed by atoms with Crippen molar-refractivity contribution in [1.29, 1.82) is 0 Å². The summed E-state index contributed by atoms with van der Waals surface area (Å²) in [5.74, 6) is 0.582. The minimum absolute atomic E-state index is 0.0949. The molecular formula is C23H20FNO3. The van der Waals surface area contributed by atoms with Crippen LogP contribution in [0.15, 0.2) is 78.9 Å². The van der Waals surface area contributed by atoms with Gasteiger partial charge >= 0.3 is 0 Å². The molecule has 0 saturated heterocycles. The van der Waals surface area contributed by atoms with Crippen LogP contribution in [0.3, 0.4) is 0 Å². The molecule has 28 heavy (non-hydrogen) atoms. The molecule has 0 aromatic heterocycles. The average molecular weight is 377 g/mol. The van der Waals surface area contributed by atoms with Crippen molar-refractivity contribution in [3.05, 3.63) is 95.8 Å². The first-order valence-electron chi connectivity index (χ1n) is 9.17. The number of amides is 1. The second kappa shape index (κ2) is 8.13. The van der Waals surface area contributed by atoms with Gasteiger partial charge in [0, 0.05) is 12.5 Å². The minimum Gasteiger partial charge on any atom is -0.485 e. The summed E-state index contributed by atoms with van der Waals surface area (Å²) in [6, 6.07) is 23.5. The molecule has 1 N–H and O–H groups in total. The van der Waals surface area contributed by atoms with Crippen molar-refractivity contribution < 1.29 is 18.7 Å². The molecule has 0 bridgehead atoms. The normalized spacial score (nSPS) is 16.2. The molecule has 0 radical (unpaired) electrons. The number of ether oxygens (including phenoxy) is 2. The van der Waals surface area contributed by atoms with E-state index in [1.165, 1.54) is 12.1 Å². The molecule has 1 amide bonds. The molecule has 2 atom stereocenters. The molecule has 4 nitrogen and oxygen atoms in total. The highest BCUT2D eigenvalue weighted by Gasteiger charge is 2.28. The Labute approximate surface area is 162 Å². The SMILES string of the molecule is O=C(NCC(c1ccccc1)c1ccc(F)cc1)C1COc2ccccc2O1. The van der Waals surface area contributed by atoms with E-state index in [1.807, 2.05) is 48.5 Å². The third-order valence-corrected chi connectivity index (χ3v) is 4.76. The van der Waals surface area contributed by atoms with E-state index in [0.29, 0.717) is 18.0 Å². The van der Waals surface area contributed by atoms with E-state index in [2.05, 4.69) is 5.32 Å². The Morgan fingerprint density at radius 1 is 0.929 bits per heavy atom. The van der Waals surface area contributed by atoms with Crippen LogP contribution in [-0.4, -0.2) is 25.2 Å². The van der Waals surface area contributed by atoms with Gasteiger partial charge in [-0.25, -0.2) is 4.39 Å². The molecule has 0 fully saturated rings. The Bertz CT molecular complexity index is 944. The second-order valence-corrected chi connectivity index (χ2v) is 6.62. The number of rotatable bonds is 5. The van der Waals surface area contributed by atoms with Gasteiger partial charge in [-0.3, -0.25) is 4.79 Å². The first-order valence-corrected chi connectivity index (χ1v) is 9.17. The van der Waals surface area contributed by atoms with Crippen molar-refractivity contribution in [2.24, 2.45) is 0 Å². The summed E-state index contributed by atoms with van der Waals surface area (Å²) >= 11 is 0. The fourth-order valence-electron chi connectivity index (χ4n) is 3.27. The van der Waals surface area contributed by atoms with Crippen molar-refractivity contribution in [2.45, 2.75) is 12.0 Å². The Balaban J connectivity index is 1.47. The molecule has 2 unspecified atom stereocenters. The number of benzene rings is 3. The summed E-state index contributed by atoms with van der Waals surface area (Å²) in [5, 5.41) is 2.96. The smallest absolute Gasteiger partial charge is 0.264 e. The maximum Gasteiger partial charge on any atom is 0.264 e. The summed E-state index contributed by atoms with van der Waals surface area (Å²) in [6.07, 6.45) is -0.709. The van der Waals surface area contributed by atoms with E-state index >= 15 is 0 Å². The maximum atomic E-state index is 13.3. The van der Waals surface area contributed by atoms with Crippen molar-refractivity contribution in [3.8, 4) is 11.5 Å². The molecule has 3 aromatic carbocycles.